The first-order chi connectivity index (χ1) is 13.9. The Kier molecular flexibility index (Phi) is 9.37. The fourth-order valence-electron chi connectivity index (χ4n) is 2.25. The summed E-state index contributed by atoms with van der Waals surface area (Å²) in [6.07, 6.45) is 2.14. The second kappa shape index (κ2) is 11.7. The molecular weight excluding hydrogens is 478 g/mol. The molecule has 2 amide bonds. The van der Waals surface area contributed by atoms with Crippen molar-refractivity contribution >= 4 is 56.7 Å². The zero-order valence-electron chi connectivity index (χ0n) is 15.8. The third-order valence-corrected chi connectivity index (χ3v) is 4.85. The van der Waals surface area contributed by atoms with Crippen LogP contribution in [0.4, 0.5) is 0 Å². The number of hydrazine groups is 1. The van der Waals surface area contributed by atoms with Crippen LogP contribution in [0.3, 0.4) is 0 Å². The lowest BCUT2D eigenvalue weighted by atomic mass is 10.1. The van der Waals surface area contributed by atoms with Gasteiger partial charge in [-0.2, -0.15) is 0 Å². The lowest BCUT2D eigenvalue weighted by Gasteiger charge is -2.12. The van der Waals surface area contributed by atoms with E-state index in [1.54, 1.807) is 42.5 Å². The van der Waals surface area contributed by atoms with Crippen LogP contribution >= 0.6 is 39.7 Å². The molecule has 0 aromatic heterocycles. The van der Waals surface area contributed by atoms with Crippen molar-refractivity contribution in [1.29, 1.82) is 0 Å². The van der Waals surface area contributed by atoms with E-state index in [0.29, 0.717) is 27.4 Å². The zero-order chi connectivity index (χ0) is 21.2. The summed E-state index contributed by atoms with van der Waals surface area (Å²) in [7, 11) is 0. The van der Waals surface area contributed by atoms with E-state index in [1.807, 2.05) is 0 Å². The van der Waals surface area contributed by atoms with Crippen molar-refractivity contribution in [2.45, 2.75) is 26.2 Å². The Morgan fingerprint density at radius 2 is 1.86 bits per heavy atom. The van der Waals surface area contributed by atoms with Gasteiger partial charge in [0.1, 0.15) is 5.75 Å². The van der Waals surface area contributed by atoms with Crippen molar-refractivity contribution in [2.24, 2.45) is 0 Å². The predicted molar refractivity (Wildman–Crippen MR) is 121 cm³/mol. The van der Waals surface area contributed by atoms with E-state index in [-0.39, 0.29) is 17.4 Å². The van der Waals surface area contributed by atoms with Crippen LogP contribution in [0, 0.1) is 0 Å². The monoisotopic (exact) mass is 497 g/mol. The maximum absolute atomic E-state index is 12.3. The smallest absolute Gasteiger partial charge is 0.257 e. The molecule has 0 aliphatic carbocycles. The molecule has 0 atom stereocenters. The SMILES string of the molecule is CCCCOc1ccc(C(=O)NC(=S)NNC(=O)Cc2ccc(Cl)cc2)cc1Br. The number of hydrogen-bond donors (Lipinski definition) is 3. The van der Waals surface area contributed by atoms with Crippen LogP contribution in [-0.2, 0) is 11.2 Å². The van der Waals surface area contributed by atoms with Crippen molar-refractivity contribution in [1.82, 2.24) is 16.2 Å². The molecule has 3 N–H and O–H groups in total. The van der Waals surface area contributed by atoms with Crippen LogP contribution in [0.2, 0.25) is 5.02 Å². The van der Waals surface area contributed by atoms with E-state index in [2.05, 4.69) is 39.0 Å². The van der Waals surface area contributed by atoms with E-state index in [0.717, 1.165) is 18.4 Å². The molecule has 0 radical (unpaired) electrons. The molecule has 0 saturated heterocycles. The highest BCUT2D eigenvalue weighted by atomic mass is 79.9. The number of carbonyl (C=O) groups is 2. The van der Waals surface area contributed by atoms with Gasteiger partial charge in [0.2, 0.25) is 5.91 Å². The van der Waals surface area contributed by atoms with Crippen molar-refractivity contribution in [2.75, 3.05) is 6.61 Å². The first-order valence-electron chi connectivity index (χ1n) is 8.96. The summed E-state index contributed by atoms with van der Waals surface area (Å²) >= 11 is 14.3. The predicted octanol–water partition coefficient (Wildman–Crippen LogP) is 4.16. The summed E-state index contributed by atoms with van der Waals surface area (Å²) in [5.74, 6) is -0.0410. The standard InChI is InChI=1S/C20H21BrClN3O3S/c1-2-3-10-28-17-9-6-14(12-16(17)21)19(27)23-20(29)25-24-18(26)11-13-4-7-15(22)8-5-13/h4-9,12H,2-3,10-11H2,1H3,(H,24,26)(H2,23,25,27,29). The molecule has 154 valence electrons. The van der Waals surface area contributed by atoms with E-state index in [4.69, 9.17) is 28.6 Å². The number of halogens is 2. The van der Waals surface area contributed by atoms with Gasteiger partial charge in [-0.05, 0) is 70.5 Å². The zero-order valence-corrected chi connectivity index (χ0v) is 18.9. The normalized spacial score (nSPS) is 10.2. The number of thiocarbonyl (C=S) groups is 1. The molecule has 29 heavy (non-hydrogen) atoms. The minimum atomic E-state index is -0.407. The van der Waals surface area contributed by atoms with Gasteiger partial charge in [-0.1, -0.05) is 37.1 Å². The fraction of sp³-hybridized carbons (Fsp3) is 0.250. The van der Waals surface area contributed by atoms with Crippen molar-refractivity contribution in [3.8, 4) is 5.75 Å². The first-order valence-corrected chi connectivity index (χ1v) is 10.5. The van der Waals surface area contributed by atoms with Gasteiger partial charge < -0.3 is 4.74 Å². The molecular formula is C20H21BrClN3O3S. The number of hydrogen-bond acceptors (Lipinski definition) is 4. The van der Waals surface area contributed by atoms with Crippen LogP contribution in [0.5, 0.6) is 5.75 Å². The molecule has 0 heterocycles. The van der Waals surface area contributed by atoms with Crippen LogP contribution in [0.15, 0.2) is 46.9 Å². The summed E-state index contributed by atoms with van der Waals surface area (Å²) in [6, 6.07) is 12.0. The molecule has 0 aliphatic rings. The number of nitrogens with one attached hydrogen (secondary N) is 3. The number of rotatable bonds is 7. The molecule has 0 aliphatic heterocycles. The molecule has 0 bridgehead atoms. The lowest BCUT2D eigenvalue weighted by molar-refractivity contribution is -0.121. The van der Waals surface area contributed by atoms with Gasteiger partial charge >= 0.3 is 0 Å². The Balaban J connectivity index is 1.80. The quantitative estimate of drug-likeness (QED) is 0.303. The average Bonchev–Trinajstić information content (AvgIpc) is 2.69. The Morgan fingerprint density at radius 1 is 1.14 bits per heavy atom. The minimum Gasteiger partial charge on any atom is -0.492 e. The van der Waals surface area contributed by atoms with Gasteiger partial charge in [0.05, 0.1) is 17.5 Å². The Bertz CT molecular complexity index is 878. The maximum Gasteiger partial charge on any atom is 0.257 e. The fourth-order valence-corrected chi connectivity index (χ4v) is 3.01. The van der Waals surface area contributed by atoms with Crippen LogP contribution < -0.4 is 20.9 Å². The number of ether oxygens (including phenoxy) is 1. The second-order valence-corrected chi connectivity index (χ2v) is 7.81. The van der Waals surface area contributed by atoms with E-state index in [1.165, 1.54) is 0 Å². The van der Waals surface area contributed by atoms with Gasteiger partial charge in [-0.15, -0.1) is 0 Å². The number of carbonyl (C=O) groups excluding carboxylic acids is 2. The van der Waals surface area contributed by atoms with Crippen LogP contribution in [-0.4, -0.2) is 23.5 Å². The summed E-state index contributed by atoms with van der Waals surface area (Å²) in [4.78, 5) is 24.3. The molecule has 9 heteroatoms. The topological polar surface area (TPSA) is 79.5 Å². The van der Waals surface area contributed by atoms with Gasteiger partial charge in [0.15, 0.2) is 5.11 Å². The molecule has 0 fully saturated rings. The summed E-state index contributed by atoms with van der Waals surface area (Å²) < 4.78 is 6.32. The highest BCUT2D eigenvalue weighted by Crippen LogP contribution is 2.26. The molecule has 0 saturated carbocycles. The third-order valence-electron chi connectivity index (χ3n) is 3.77. The first kappa shape index (κ1) is 23.1. The summed E-state index contributed by atoms with van der Waals surface area (Å²) in [5, 5.41) is 3.09. The molecule has 6 nitrogen and oxygen atoms in total. The minimum absolute atomic E-state index is 0.0150. The maximum atomic E-state index is 12.3. The largest absolute Gasteiger partial charge is 0.492 e. The highest BCUT2D eigenvalue weighted by molar-refractivity contribution is 9.10. The van der Waals surface area contributed by atoms with Crippen LogP contribution in [0.25, 0.3) is 0 Å². The second-order valence-electron chi connectivity index (χ2n) is 6.11. The molecule has 0 spiro atoms. The van der Waals surface area contributed by atoms with Crippen LogP contribution in [0.1, 0.15) is 35.7 Å². The van der Waals surface area contributed by atoms with Gasteiger partial charge in [0.25, 0.3) is 5.91 Å². The van der Waals surface area contributed by atoms with E-state index in [9.17, 15) is 9.59 Å². The molecule has 0 unspecified atom stereocenters. The third kappa shape index (κ3) is 8.00. The Hall–Kier alpha value is -2.16. The van der Waals surface area contributed by atoms with Gasteiger partial charge in [-0.3, -0.25) is 25.8 Å². The van der Waals surface area contributed by atoms with E-state index < -0.39 is 5.91 Å². The average molecular weight is 499 g/mol. The summed E-state index contributed by atoms with van der Waals surface area (Å²) in [5.41, 5.74) is 6.16. The highest BCUT2D eigenvalue weighted by Gasteiger charge is 2.11. The molecule has 2 rings (SSSR count). The Labute approximate surface area is 188 Å². The number of amides is 2. The number of benzene rings is 2. The Morgan fingerprint density at radius 3 is 2.52 bits per heavy atom. The van der Waals surface area contributed by atoms with Gasteiger partial charge in [0, 0.05) is 10.6 Å². The lowest BCUT2D eigenvalue weighted by Crippen LogP contribution is -2.48. The van der Waals surface area contributed by atoms with E-state index >= 15 is 0 Å². The van der Waals surface area contributed by atoms with Crippen molar-refractivity contribution < 1.29 is 14.3 Å². The van der Waals surface area contributed by atoms with Crippen molar-refractivity contribution in [3.63, 3.8) is 0 Å². The molecule has 2 aromatic rings. The summed E-state index contributed by atoms with van der Waals surface area (Å²) in [6.45, 7) is 2.70. The number of unbranched alkanes of at least 4 members (excludes halogenated alkanes) is 1. The van der Waals surface area contributed by atoms with Gasteiger partial charge in [-0.25, -0.2) is 0 Å². The van der Waals surface area contributed by atoms with Crippen molar-refractivity contribution in [3.05, 3.63) is 63.1 Å². The molecule has 2 aromatic carbocycles.